The Morgan fingerprint density at radius 3 is 2.45 bits per heavy atom. The number of hydrogen-bond donors (Lipinski definition) is 3. The summed E-state index contributed by atoms with van der Waals surface area (Å²) < 4.78 is 7.10. The van der Waals surface area contributed by atoms with Crippen molar-refractivity contribution in [2.75, 3.05) is 6.61 Å². The lowest BCUT2D eigenvalue weighted by molar-refractivity contribution is -0.123. The van der Waals surface area contributed by atoms with E-state index in [1.54, 1.807) is 12.1 Å². The molecule has 0 fully saturated rings. The summed E-state index contributed by atoms with van der Waals surface area (Å²) in [6.45, 7) is 6.14. The maximum atomic E-state index is 12.2. The Balaban J connectivity index is 1.80. The van der Waals surface area contributed by atoms with Crippen molar-refractivity contribution in [2.24, 2.45) is 0 Å². The van der Waals surface area contributed by atoms with Gasteiger partial charge in [0.25, 0.3) is 11.8 Å². The molecular weight excluding hydrogens is 569 g/mol. The highest BCUT2D eigenvalue weighted by atomic mass is 127. The molecule has 154 valence electrons. The summed E-state index contributed by atoms with van der Waals surface area (Å²) in [6.07, 6.45) is 0. The van der Waals surface area contributed by atoms with E-state index in [9.17, 15) is 9.59 Å². The quantitative estimate of drug-likeness (QED) is 0.285. The number of thiocarbonyl (C=S) groups is 1. The van der Waals surface area contributed by atoms with Gasteiger partial charge in [-0.2, -0.15) is 0 Å². The van der Waals surface area contributed by atoms with Crippen LogP contribution in [0.5, 0.6) is 5.75 Å². The van der Waals surface area contributed by atoms with Crippen LogP contribution in [0.2, 0.25) is 0 Å². The number of carbonyl (C=O) groups is 2. The van der Waals surface area contributed by atoms with Crippen LogP contribution >= 0.6 is 50.7 Å². The van der Waals surface area contributed by atoms with Gasteiger partial charge in [-0.25, -0.2) is 0 Å². The maximum absolute atomic E-state index is 12.2. The zero-order chi connectivity index (χ0) is 21.6. The summed E-state index contributed by atoms with van der Waals surface area (Å²) >= 11 is 10.6. The molecule has 0 bridgehead atoms. The van der Waals surface area contributed by atoms with E-state index in [4.69, 9.17) is 17.0 Å². The van der Waals surface area contributed by atoms with E-state index < -0.39 is 5.91 Å². The second-order valence-electron chi connectivity index (χ2n) is 7.12. The van der Waals surface area contributed by atoms with Crippen LogP contribution in [0, 0.1) is 3.57 Å². The summed E-state index contributed by atoms with van der Waals surface area (Å²) in [5, 5.41) is 2.49. The largest absolute Gasteiger partial charge is 0.483 e. The summed E-state index contributed by atoms with van der Waals surface area (Å²) in [4.78, 5) is 24.2. The second kappa shape index (κ2) is 10.4. The Kier molecular flexibility index (Phi) is 8.41. The highest BCUT2D eigenvalue weighted by Crippen LogP contribution is 2.31. The predicted octanol–water partition coefficient (Wildman–Crippen LogP) is 4.07. The van der Waals surface area contributed by atoms with Crippen molar-refractivity contribution >= 4 is 67.7 Å². The van der Waals surface area contributed by atoms with Crippen molar-refractivity contribution in [1.29, 1.82) is 0 Å². The van der Waals surface area contributed by atoms with E-state index in [0.717, 1.165) is 13.6 Å². The van der Waals surface area contributed by atoms with Gasteiger partial charge < -0.3 is 4.74 Å². The Morgan fingerprint density at radius 2 is 1.83 bits per heavy atom. The van der Waals surface area contributed by atoms with E-state index in [1.165, 1.54) is 0 Å². The average Bonchev–Trinajstić information content (AvgIpc) is 2.64. The molecular formula is C20H21BrIN3O3S. The van der Waals surface area contributed by atoms with Crippen molar-refractivity contribution in [3.63, 3.8) is 0 Å². The zero-order valence-corrected chi connectivity index (χ0v) is 20.7. The van der Waals surface area contributed by atoms with Gasteiger partial charge in [0.15, 0.2) is 11.7 Å². The normalized spacial score (nSPS) is 10.8. The number of benzene rings is 2. The molecule has 0 heterocycles. The molecule has 0 saturated heterocycles. The van der Waals surface area contributed by atoms with Crippen molar-refractivity contribution in [3.05, 3.63) is 61.6 Å². The standard InChI is InChI=1S/C20H21BrIN3O3S/c1-20(2,3)12-8-9-16(14(21)10-12)28-11-17(26)24-25-19(29)23-18(27)13-6-4-5-7-15(13)22/h4-10H,11H2,1-3H3,(H,24,26)(H2,23,25,27,29). The van der Waals surface area contributed by atoms with Crippen molar-refractivity contribution in [1.82, 2.24) is 16.2 Å². The van der Waals surface area contributed by atoms with Crippen LogP contribution in [0.25, 0.3) is 0 Å². The topological polar surface area (TPSA) is 79.5 Å². The molecule has 0 aliphatic rings. The summed E-state index contributed by atoms with van der Waals surface area (Å²) in [6, 6.07) is 12.9. The molecule has 2 rings (SSSR count). The van der Waals surface area contributed by atoms with Gasteiger partial charge in [0.1, 0.15) is 5.75 Å². The summed E-state index contributed by atoms with van der Waals surface area (Å²) in [5.41, 5.74) is 6.54. The lowest BCUT2D eigenvalue weighted by Crippen LogP contribution is -2.49. The van der Waals surface area contributed by atoms with Crippen LogP contribution in [-0.2, 0) is 10.2 Å². The van der Waals surface area contributed by atoms with Crippen LogP contribution in [0.1, 0.15) is 36.7 Å². The summed E-state index contributed by atoms with van der Waals surface area (Å²) in [7, 11) is 0. The molecule has 29 heavy (non-hydrogen) atoms. The van der Waals surface area contributed by atoms with E-state index >= 15 is 0 Å². The first kappa shape index (κ1) is 23.6. The third kappa shape index (κ3) is 7.23. The van der Waals surface area contributed by atoms with Crippen LogP contribution < -0.4 is 20.9 Å². The molecule has 2 aromatic carbocycles. The fourth-order valence-electron chi connectivity index (χ4n) is 2.24. The van der Waals surface area contributed by atoms with Crippen molar-refractivity contribution in [2.45, 2.75) is 26.2 Å². The molecule has 0 radical (unpaired) electrons. The van der Waals surface area contributed by atoms with Gasteiger partial charge in [-0.05, 0) is 86.0 Å². The Labute approximate surface area is 197 Å². The van der Waals surface area contributed by atoms with E-state index in [1.807, 2.05) is 30.3 Å². The fraction of sp³-hybridized carbons (Fsp3) is 0.250. The average molecular weight is 590 g/mol. The predicted molar refractivity (Wildman–Crippen MR) is 129 cm³/mol. The molecule has 0 spiro atoms. The smallest absolute Gasteiger partial charge is 0.276 e. The number of ether oxygens (including phenoxy) is 1. The molecule has 0 aliphatic heterocycles. The zero-order valence-electron chi connectivity index (χ0n) is 16.1. The first-order valence-corrected chi connectivity index (χ1v) is 10.9. The van der Waals surface area contributed by atoms with Gasteiger partial charge in [-0.3, -0.25) is 25.8 Å². The minimum Gasteiger partial charge on any atom is -0.483 e. The number of nitrogens with one attached hydrogen (secondary N) is 3. The molecule has 0 aliphatic carbocycles. The van der Waals surface area contributed by atoms with E-state index in [2.05, 4.69) is 75.5 Å². The molecule has 0 aromatic heterocycles. The van der Waals surface area contributed by atoms with Crippen molar-refractivity contribution < 1.29 is 14.3 Å². The molecule has 0 atom stereocenters. The third-order valence-electron chi connectivity index (χ3n) is 3.82. The minimum absolute atomic E-state index is 0.0142. The maximum Gasteiger partial charge on any atom is 0.276 e. The van der Waals surface area contributed by atoms with Crippen LogP contribution in [0.15, 0.2) is 46.9 Å². The molecule has 2 amide bonds. The fourth-order valence-corrected chi connectivity index (χ4v) is 3.51. The van der Waals surface area contributed by atoms with Crippen molar-refractivity contribution in [3.8, 4) is 5.75 Å². The molecule has 3 N–H and O–H groups in total. The monoisotopic (exact) mass is 589 g/mol. The number of hydrogen-bond acceptors (Lipinski definition) is 4. The number of hydrazine groups is 1. The van der Waals surface area contributed by atoms with Gasteiger partial charge in [0, 0.05) is 3.57 Å². The van der Waals surface area contributed by atoms with Gasteiger partial charge in [-0.1, -0.05) is 39.0 Å². The lowest BCUT2D eigenvalue weighted by atomic mass is 9.87. The number of carbonyl (C=O) groups excluding carboxylic acids is 2. The molecule has 2 aromatic rings. The first-order valence-electron chi connectivity index (χ1n) is 8.65. The number of amides is 2. The minimum atomic E-state index is -0.442. The summed E-state index contributed by atoms with van der Waals surface area (Å²) in [5.74, 6) is -0.244. The third-order valence-corrected chi connectivity index (χ3v) is 5.58. The van der Waals surface area contributed by atoms with Gasteiger partial charge in [0.2, 0.25) is 0 Å². The molecule has 6 nitrogen and oxygen atoms in total. The van der Waals surface area contributed by atoms with Gasteiger partial charge >= 0.3 is 0 Å². The number of rotatable bonds is 4. The Bertz CT molecular complexity index is 931. The first-order chi connectivity index (χ1) is 13.6. The highest BCUT2D eigenvalue weighted by molar-refractivity contribution is 14.1. The van der Waals surface area contributed by atoms with Crippen LogP contribution in [0.4, 0.5) is 0 Å². The molecule has 9 heteroatoms. The number of halogens is 2. The van der Waals surface area contributed by atoms with Gasteiger partial charge in [0.05, 0.1) is 10.0 Å². The second-order valence-corrected chi connectivity index (χ2v) is 9.54. The molecule has 0 saturated carbocycles. The molecule has 0 unspecified atom stereocenters. The van der Waals surface area contributed by atoms with E-state index in [-0.39, 0.29) is 23.0 Å². The van der Waals surface area contributed by atoms with Crippen LogP contribution in [-0.4, -0.2) is 23.5 Å². The van der Waals surface area contributed by atoms with Gasteiger partial charge in [-0.15, -0.1) is 0 Å². The SMILES string of the molecule is CC(C)(C)c1ccc(OCC(=O)NNC(=S)NC(=O)c2ccccc2I)c(Br)c1. The highest BCUT2D eigenvalue weighted by Gasteiger charge is 2.16. The van der Waals surface area contributed by atoms with E-state index in [0.29, 0.717) is 11.3 Å². The Hall–Kier alpha value is -1.72. The Morgan fingerprint density at radius 1 is 1.14 bits per heavy atom. The lowest BCUT2D eigenvalue weighted by Gasteiger charge is -2.20. The van der Waals surface area contributed by atoms with Crippen LogP contribution in [0.3, 0.4) is 0 Å².